The van der Waals surface area contributed by atoms with Gasteiger partial charge in [0.1, 0.15) is 17.2 Å². The zero-order valence-electron chi connectivity index (χ0n) is 26.2. The van der Waals surface area contributed by atoms with Gasteiger partial charge in [0.05, 0.1) is 41.3 Å². The molecule has 252 valence electrons. The van der Waals surface area contributed by atoms with Crippen molar-refractivity contribution in [3.05, 3.63) is 76.2 Å². The first kappa shape index (κ1) is 33.4. The molecule has 0 bridgehead atoms. The molecule has 4 heterocycles. The summed E-state index contributed by atoms with van der Waals surface area (Å²) in [4.78, 5) is 53.2. The molecule has 0 aliphatic carbocycles. The number of hydroxylamine groups is 1. The van der Waals surface area contributed by atoms with Gasteiger partial charge >= 0.3 is 0 Å². The number of rotatable bonds is 11. The van der Waals surface area contributed by atoms with E-state index in [4.69, 9.17) is 4.84 Å². The van der Waals surface area contributed by atoms with E-state index in [1.807, 2.05) is 12.1 Å². The number of nitrogens with zero attached hydrogens (tertiary/aromatic N) is 4. The highest BCUT2D eigenvalue weighted by atomic mass is 79.9. The summed E-state index contributed by atoms with van der Waals surface area (Å²) in [5.41, 5.74) is 3.39. The van der Waals surface area contributed by atoms with E-state index in [1.165, 1.54) is 24.5 Å². The molecule has 12 nitrogen and oxygen atoms in total. The van der Waals surface area contributed by atoms with E-state index in [-0.39, 0.29) is 46.8 Å². The molecule has 0 saturated carbocycles. The molecule has 2 saturated heterocycles. The Bertz CT molecular complexity index is 1850. The summed E-state index contributed by atoms with van der Waals surface area (Å²) in [5.74, 6) is -1.67. The number of amides is 3. The number of hydrogen-bond donors (Lipinski definition) is 4. The fourth-order valence-electron chi connectivity index (χ4n) is 6.05. The number of anilines is 3. The van der Waals surface area contributed by atoms with Gasteiger partial charge in [-0.15, -0.1) is 0 Å². The number of aryl methyl sites for hydroxylation is 1. The molecular weight excluding hydrogens is 690 g/mol. The molecule has 15 heteroatoms. The van der Waals surface area contributed by atoms with Crippen molar-refractivity contribution in [3.63, 3.8) is 0 Å². The molecule has 1 unspecified atom stereocenters. The summed E-state index contributed by atoms with van der Waals surface area (Å²) in [5, 5.41) is 8.50. The molecule has 2 aromatic heterocycles. The van der Waals surface area contributed by atoms with Crippen LogP contribution >= 0.6 is 15.9 Å². The lowest BCUT2D eigenvalue weighted by Crippen LogP contribution is -2.40. The SMILES string of the molecule is Cn1cnc2c(F)c(Nc3ccc(Br)cc3F)c(C(=O)NOCCNCC3CCN(c4cc(C5CCC(=O)NC5=O)ccn4)CC3)cc21. The topological polar surface area (TPSA) is 143 Å². The van der Waals surface area contributed by atoms with E-state index in [0.717, 1.165) is 43.9 Å². The first-order valence-electron chi connectivity index (χ1n) is 15.7. The molecule has 2 aliphatic rings. The summed E-state index contributed by atoms with van der Waals surface area (Å²) in [6.07, 6.45) is 5.89. The lowest BCUT2D eigenvalue weighted by Gasteiger charge is -2.33. The molecule has 4 aromatic rings. The van der Waals surface area contributed by atoms with Crippen LogP contribution in [0.2, 0.25) is 0 Å². The molecule has 4 N–H and O–H groups in total. The van der Waals surface area contributed by atoms with Crippen LogP contribution in [0.25, 0.3) is 11.0 Å². The van der Waals surface area contributed by atoms with Crippen molar-refractivity contribution in [2.75, 3.05) is 43.0 Å². The third kappa shape index (κ3) is 7.48. The van der Waals surface area contributed by atoms with Gasteiger partial charge in [0, 0.05) is 43.8 Å². The molecule has 48 heavy (non-hydrogen) atoms. The van der Waals surface area contributed by atoms with Crippen LogP contribution in [0, 0.1) is 17.6 Å². The van der Waals surface area contributed by atoms with Gasteiger partial charge in [0.25, 0.3) is 5.91 Å². The molecule has 0 radical (unpaired) electrons. The zero-order valence-corrected chi connectivity index (χ0v) is 27.8. The molecular formula is C33H35BrF2N8O4. The largest absolute Gasteiger partial charge is 0.357 e. The summed E-state index contributed by atoms with van der Waals surface area (Å²) < 4.78 is 32.3. The van der Waals surface area contributed by atoms with Crippen molar-refractivity contribution < 1.29 is 28.0 Å². The van der Waals surface area contributed by atoms with Crippen LogP contribution in [0.1, 0.15) is 47.5 Å². The molecule has 6 rings (SSSR count). The summed E-state index contributed by atoms with van der Waals surface area (Å²) >= 11 is 3.20. The summed E-state index contributed by atoms with van der Waals surface area (Å²) in [6.45, 7) is 3.05. The number of piperidine rings is 2. The van der Waals surface area contributed by atoms with Crippen molar-refractivity contribution in [2.24, 2.45) is 13.0 Å². The average Bonchev–Trinajstić information content (AvgIpc) is 3.45. The van der Waals surface area contributed by atoms with Gasteiger partial charge in [-0.3, -0.25) is 24.5 Å². The first-order valence-corrected chi connectivity index (χ1v) is 16.5. The average molecular weight is 726 g/mol. The van der Waals surface area contributed by atoms with Gasteiger partial charge in [0.2, 0.25) is 11.8 Å². The van der Waals surface area contributed by atoms with Crippen molar-refractivity contribution in [1.29, 1.82) is 0 Å². The molecule has 3 amide bonds. The second kappa shape index (κ2) is 14.7. The minimum Gasteiger partial charge on any atom is -0.357 e. The van der Waals surface area contributed by atoms with E-state index in [2.05, 4.69) is 52.2 Å². The Balaban J connectivity index is 0.971. The maximum absolute atomic E-state index is 15.6. The standard InChI is InChI=1S/C33H35BrF2N8O4/c1-43-18-39-31-26(43)16-23(30(29(31)36)40-25-4-2-21(34)15-24(25)35)33(47)42-48-13-10-37-17-19-7-11-44(12-8-19)27-14-20(6-9-38-27)22-3-5-28(45)41-32(22)46/h2,4,6,9,14-16,18-19,22,37,40H,3,5,7-8,10-13,17H2,1H3,(H,42,47)(H,41,45,46). The number of benzene rings is 2. The van der Waals surface area contributed by atoms with Gasteiger partial charge in [-0.25, -0.2) is 24.2 Å². The number of pyridine rings is 1. The smallest absolute Gasteiger partial charge is 0.277 e. The first-order chi connectivity index (χ1) is 23.2. The Morgan fingerprint density at radius 1 is 1.10 bits per heavy atom. The molecule has 0 spiro atoms. The van der Waals surface area contributed by atoms with Crippen LogP contribution in [-0.4, -0.2) is 65.0 Å². The number of carbonyl (C=O) groups is 3. The van der Waals surface area contributed by atoms with E-state index in [0.29, 0.717) is 35.3 Å². The normalized spacial score (nSPS) is 17.1. The maximum atomic E-state index is 15.6. The number of imidazole rings is 1. The third-order valence-electron chi connectivity index (χ3n) is 8.72. The van der Waals surface area contributed by atoms with Crippen molar-refractivity contribution in [2.45, 2.75) is 31.6 Å². The Labute approximate surface area is 283 Å². The van der Waals surface area contributed by atoms with E-state index in [9.17, 15) is 18.8 Å². The minimum atomic E-state index is -0.786. The van der Waals surface area contributed by atoms with E-state index < -0.39 is 17.5 Å². The van der Waals surface area contributed by atoms with Crippen LogP contribution in [0.15, 0.2) is 53.4 Å². The lowest BCUT2D eigenvalue weighted by molar-refractivity contribution is -0.134. The summed E-state index contributed by atoms with van der Waals surface area (Å²) in [6, 6.07) is 9.54. The Morgan fingerprint density at radius 3 is 2.69 bits per heavy atom. The second-order valence-corrected chi connectivity index (χ2v) is 12.9. The number of halogens is 3. The highest BCUT2D eigenvalue weighted by molar-refractivity contribution is 9.10. The molecule has 1 atom stereocenters. The van der Waals surface area contributed by atoms with Crippen LogP contribution in [0.3, 0.4) is 0 Å². The van der Waals surface area contributed by atoms with Crippen molar-refractivity contribution in [3.8, 4) is 0 Å². The van der Waals surface area contributed by atoms with Gasteiger partial charge in [-0.1, -0.05) is 15.9 Å². The van der Waals surface area contributed by atoms with Crippen LogP contribution in [0.5, 0.6) is 0 Å². The quantitative estimate of drug-likeness (QED) is 0.100. The molecule has 2 aromatic carbocycles. The molecule has 2 fully saturated rings. The number of fused-ring (bicyclic) bond motifs is 1. The number of hydrogen-bond acceptors (Lipinski definition) is 9. The van der Waals surface area contributed by atoms with Crippen molar-refractivity contribution in [1.82, 2.24) is 30.6 Å². The number of imide groups is 1. The fourth-order valence-corrected chi connectivity index (χ4v) is 6.39. The maximum Gasteiger partial charge on any atom is 0.277 e. The predicted octanol–water partition coefficient (Wildman–Crippen LogP) is 4.44. The minimum absolute atomic E-state index is 0.00519. The van der Waals surface area contributed by atoms with Gasteiger partial charge < -0.3 is 20.1 Å². The second-order valence-electron chi connectivity index (χ2n) is 12.0. The van der Waals surface area contributed by atoms with Crippen LogP contribution in [0.4, 0.5) is 26.0 Å². The summed E-state index contributed by atoms with van der Waals surface area (Å²) in [7, 11) is 1.68. The van der Waals surface area contributed by atoms with Crippen molar-refractivity contribution >= 4 is 61.9 Å². The fraction of sp³-hybridized carbons (Fsp3) is 0.364. The number of carbonyl (C=O) groups excluding carboxylic acids is 3. The Hall–Kier alpha value is -4.47. The van der Waals surface area contributed by atoms with Gasteiger partial charge in [-0.2, -0.15) is 0 Å². The number of aromatic nitrogens is 3. The lowest BCUT2D eigenvalue weighted by atomic mass is 9.91. The van der Waals surface area contributed by atoms with Gasteiger partial charge in [0.15, 0.2) is 5.82 Å². The number of nitrogens with one attached hydrogen (secondary N) is 4. The predicted molar refractivity (Wildman–Crippen MR) is 179 cm³/mol. The zero-order chi connectivity index (χ0) is 33.8. The Morgan fingerprint density at radius 2 is 1.92 bits per heavy atom. The third-order valence-corrected chi connectivity index (χ3v) is 9.22. The van der Waals surface area contributed by atoms with Gasteiger partial charge in [-0.05, 0) is 73.7 Å². The van der Waals surface area contributed by atoms with E-state index >= 15 is 4.39 Å². The van der Waals surface area contributed by atoms with Crippen LogP contribution in [-0.2, 0) is 21.5 Å². The highest BCUT2D eigenvalue weighted by Crippen LogP contribution is 2.32. The van der Waals surface area contributed by atoms with E-state index in [1.54, 1.807) is 23.9 Å². The monoisotopic (exact) mass is 724 g/mol. The Kier molecular flexibility index (Phi) is 10.3. The molecule has 2 aliphatic heterocycles. The highest BCUT2D eigenvalue weighted by Gasteiger charge is 2.29. The van der Waals surface area contributed by atoms with Crippen LogP contribution < -0.4 is 26.3 Å².